The zero-order valence-electron chi connectivity index (χ0n) is 15.5. The molecule has 0 radical (unpaired) electrons. The fraction of sp³-hybridized carbons (Fsp3) is 0. The van der Waals surface area contributed by atoms with Crippen molar-refractivity contribution in [3.05, 3.63) is 65.2 Å². The Labute approximate surface area is 170 Å². The van der Waals surface area contributed by atoms with Gasteiger partial charge in [0.05, 0.1) is 44.8 Å². The summed E-state index contributed by atoms with van der Waals surface area (Å²) in [6.45, 7) is 0. The molecule has 5 N–H and O–H groups in total. The number of hydrogen-bond donors (Lipinski definition) is 3. The summed E-state index contributed by atoms with van der Waals surface area (Å²) in [7, 11) is -4.51. The van der Waals surface area contributed by atoms with Crippen LogP contribution in [-0.2, 0) is 10.1 Å². The molecule has 0 unspecified atom stereocenters. The summed E-state index contributed by atoms with van der Waals surface area (Å²) in [6, 6.07) is 11.8. The third-order valence-corrected chi connectivity index (χ3v) is 5.75. The van der Waals surface area contributed by atoms with Crippen LogP contribution in [0.15, 0.2) is 47.4 Å². The Hall–Kier alpha value is -3.89. The van der Waals surface area contributed by atoms with Crippen molar-refractivity contribution >= 4 is 56.5 Å². The first-order chi connectivity index (χ1) is 14.3. The summed E-state index contributed by atoms with van der Waals surface area (Å²) >= 11 is 0. The van der Waals surface area contributed by atoms with Gasteiger partial charge >= 0.3 is 0 Å². The van der Waals surface area contributed by atoms with E-state index >= 15 is 0 Å². The predicted octanol–water partition coefficient (Wildman–Crippen LogP) is 2.28. The van der Waals surface area contributed by atoms with Gasteiger partial charge in [0.1, 0.15) is 4.90 Å². The number of nitrogens with zero attached hydrogens (tertiary/aromatic N) is 4. The second-order valence-electron chi connectivity index (χ2n) is 6.88. The predicted molar refractivity (Wildman–Crippen MR) is 116 cm³/mol. The van der Waals surface area contributed by atoms with Crippen LogP contribution in [0.4, 0.5) is 0 Å². The van der Waals surface area contributed by atoms with E-state index in [1.807, 2.05) is 24.3 Å². The number of nitrogen functional groups attached to an aromatic ring is 2. The van der Waals surface area contributed by atoms with Gasteiger partial charge in [0.15, 0.2) is 0 Å². The maximum Gasteiger partial charge on any atom is 0.296 e. The smallest absolute Gasteiger partial charge is 0.296 e. The van der Waals surface area contributed by atoms with Crippen LogP contribution < -0.4 is 11.7 Å². The number of fused-ring (bicyclic) bond motifs is 8. The Morgan fingerprint density at radius 3 is 1.67 bits per heavy atom. The lowest BCUT2D eigenvalue weighted by molar-refractivity contribution is 0.484. The van der Waals surface area contributed by atoms with E-state index in [-0.39, 0.29) is 10.4 Å². The molecule has 5 heterocycles. The molecule has 0 saturated carbocycles. The van der Waals surface area contributed by atoms with Crippen LogP contribution >= 0.6 is 0 Å². The van der Waals surface area contributed by atoms with Gasteiger partial charge < -0.3 is 11.7 Å². The quantitative estimate of drug-likeness (QED) is 0.279. The minimum Gasteiger partial charge on any atom is -0.339 e. The zero-order valence-corrected chi connectivity index (χ0v) is 16.3. The highest BCUT2D eigenvalue weighted by Crippen LogP contribution is 2.24. The van der Waals surface area contributed by atoms with E-state index in [0.29, 0.717) is 28.3 Å². The van der Waals surface area contributed by atoms with E-state index in [1.165, 1.54) is 21.5 Å². The van der Waals surface area contributed by atoms with Crippen molar-refractivity contribution < 1.29 is 13.0 Å². The summed E-state index contributed by atoms with van der Waals surface area (Å²) < 4.78 is 36.2. The zero-order chi connectivity index (χ0) is 21.0. The third-order valence-electron chi connectivity index (χ3n) is 4.87. The largest absolute Gasteiger partial charge is 0.339 e. The third kappa shape index (κ3) is 3.04. The van der Waals surface area contributed by atoms with Crippen LogP contribution in [0.3, 0.4) is 0 Å². The molecule has 150 valence electrons. The van der Waals surface area contributed by atoms with Crippen molar-refractivity contribution in [2.75, 3.05) is 11.7 Å². The Kier molecular flexibility index (Phi) is 3.82. The summed E-state index contributed by atoms with van der Waals surface area (Å²) in [6.07, 6.45) is 7.07. The Bertz CT molecular complexity index is 1540. The van der Waals surface area contributed by atoms with Crippen molar-refractivity contribution in [2.45, 2.75) is 4.90 Å². The molecule has 0 spiro atoms. The summed E-state index contributed by atoms with van der Waals surface area (Å²) in [5.74, 6) is 12.4. The van der Waals surface area contributed by atoms with E-state index < -0.39 is 10.1 Å². The van der Waals surface area contributed by atoms with Crippen LogP contribution in [0.1, 0.15) is 22.8 Å². The van der Waals surface area contributed by atoms with Crippen LogP contribution in [0, 0.1) is 0 Å². The maximum atomic E-state index is 11.9. The molecule has 0 aliphatic carbocycles. The Morgan fingerprint density at radius 2 is 1.17 bits per heavy atom. The summed E-state index contributed by atoms with van der Waals surface area (Å²) in [5, 5.41) is 0. The van der Waals surface area contributed by atoms with E-state index in [9.17, 15) is 13.0 Å². The topological polar surface area (TPSA) is 142 Å². The number of nitrogens with two attached hydrogens (primary N) is 2. The maximum absolute atomic E-state index is 11.9. The first kappa shape index (κ1) is 18.2. The molecule has 9 nitrogen and oxygen atoms in total. The van der Waals surface area contributed by atoms with Gasteiger partial charge in [0.2, 0.25) is 0 Å². The van der Waals surface area contributed by atoms with Crippen molar-refractivity contribution in [3.63, 3.8) is 0 Å². The Morgan fingerprint density at radius 1 is 0.700 bits per heavy atom. The average molecular weight is 420 g/mol. The van der Waals surface area contributed by atoms with Crippen molar-refractivity contribution in [1.29, 1.82) is 0 Å². The molecule has 30 heavy (non-hydrogen) atoms. The first-order valence-corrected chi connectivity index (χ1v) is 10.3. The fourth-order valence-corrected chi connectivity index (χ4v) is 4.11. The highest BCUT2D eigenvalue weighted by Gasteiger charge is 2.18. The molecule has 10 heteroatoms. The van der Waals surface area contributed by atoms with Gasteiger partial charge in [0, 0.05) is 0 Å². The van der Waals surface area contributed by atoms with Gasteiger partial charge in [-0.25, -0.2) is 9.97 Å². The van der Waals surface area contributed by atoms with Crippen LogP contribution in [0.2, 0.25) is 0 Å². The van der Waals surface area contributed by atoms with Crippen molar-refractivity contribution in [3.8, 4) is 0 Å². The lowest BCUT2D eigenvalue weighted by Crippen LogP contribution is -2.08. The molecule has 0 fully saturated rings. The molecular weight excluding hydrogens is 404 g/mol. The van der Waals surface area contributed by atoms with Crippen LogP contribution in [0.5, 0.6) is 0 Å². The first-order valence-electron chi connectivity index (χ1n) is 8.89. The molecule has 2 aliphatic heterocycles. The number of aromatic nitrogens is 4. The van der Waals surface area contributed by atoms with Gasteiger partial charge in [-0.05, 0) is 66.8 Å². The van der Waals surface area contributed by atoms with E-state index in [4.69, 9.17) is 11.7 Å². The van der Waals surface area contributed by atoms with Crippen molar-refractivity contribution in [2.24, 2.45) is 0 Å². The van der Waals surface area contributed by atoms with E-state index in [1.54, 1.807) is 30.4 Å². The molecule has 0 saturated heterocycles. The highest BCUT2D eigenvalue weighted by atomic mass is 32.2. The van der Waals surface area contributed by atoms with E-state index in [0.717, 1.165) is 11.0 Å². The standard InChI is InChI=1S/C20H16N6O3S/c21-25-16-5-6-17(25)8-13-3-4-15(24-13)10-19-20(30(27,28)29)11-18(26(19)22)9-14-2-1-12(7-16)23-14/h1-11H,21-22H2,(H,27,28,29). The van der Waals surface area contributed by atoms with Crippen LogP contribution in [-0.4, -0.2) is 32.3 Å². The molecule has 0 amide bonds. The normalized spacial score (nSPS) is 13.1. The van der Waals surface area contributed by atoms with Crippen molar-refractivity contribution in [1.82, 2.24) is 19.3 Å². The lowest BCUT2D eigenvalue weighted by Gasteiger charge is -1.98. The molecule has 3 aromatic heterocycles. The summed E-state index contributed by atoms with van der Waals surface area (Å²) in [5.41, 5.74) is 4.31. The highest BCUT2D eigenvalue weighted by molar-refractivity contribution is 7.86. The SMILES string of the molecule is Nn1c2ccc1cc1nc(cc3c(S(=O)(=O)O)cc(cc4nc(c2)C=C4)n3N)C=C1. The molecule has 0 aromatic carbocycles. The number of hydrogen-bond acceptors (Lipinski definition) is 6. The molecule has 2 aliphatic rings. The monoisotopic (exact) mass is 420 g/mol. The minimum absolute atomic E-state index is 0.100. The average Bonchev–Trinajstić information content (AvgIpc) is 3.44. The second-order valence-corrected chi connectivity index (χ2v) is 8.27. The fourth-order valence-electron chi connectivity index (χ4n) is 3.41. The van der Waals surface area contributed by atoms with Gasteiger partial charge in [-0.1, -0.05) is 0 Å². The molecule has 0 atom stereocenters. The number of rotatable bonds is 1. The van der Waals surface area contributed by atoms with Gasteiger partial charge in [0.25, 0.3) is 10.1 Å². The van der Waals surface area contributed by atoms with E-state index in [2.05, 4.69) is 9.97 Å². The molecular formula is C20H16N6O3S. The van der Waals surface area contributed by atoms with Crippen LogP contribution in [0.25, 0.3) is 46.4 Å². The van der Waals surface area contributed by atoms with Gasteiger partial charge in [-0.15, -0.1) is 0 Å². The van der Waals surface area contributed by atoms with Gasteiger partial charge in [-0.2, -0.15) is 8.42 Å². The lowest BCUT2D eigenvalue weighted by atomic mass is 10.3. The Balaban J connectivity index is 1.95. The molecule has 3 aromatic rings. The second kappa shape index (κ2) is 6.31. The van der Waals surface area contributed by atoms with Gasteiger partial charge in [-0.3, -0.25) is 13.9 Å². The minimum atomic E-state index is -4.51. The molecule has 5 rings (SSSR count). The summed E-state index contributed by atoms with van der Waals surface area (Å²) in [4.78, 5) is 8.65. The molecule has 8 bridgehead atoms.